The number of sulfonamides is 1. The summed E-state index contributed by atoms with van der Waals surface area (Å²) in [6.45, 7) is 3.70. The van der Waals surface area contributed by atoms with Gasteiger partial charge in [0.1, 0.15) is 0 Å². The Labute approximate surface area is 144 Å². The minimum atomic E-state index is -3.76. The summed E-state index contributed by atoms with van der Waals surface area (Å²) < 4.78 is 26.8. The Hall–Kier alpha value is -1.20. The number of hydrogen-bond donors (Lipinski definition) is 0. The Bertz CT molecular complexity index is 789. The number of rotatable bonds is 5. The lowest BCUT2D eigenvalue weighted by molar-refractivity contribution is 0.593. The van der Waals surface area contributed by atoms with Crippen molar-refractivity contribution in [3.8, 4) is 0 Å². The highest BCUT2D eigenvalue weighted by Crippen LogP contribution is 2.30. The molecule has 116 valence electrons. The molecule has 0 bridgehead atoms. The summed E-state index contributed by atoms with van der Waals surface area (Å²) in [5.41, 5.74) is 0.407. The molecule has 0 heterocycles. The van der Waals surface area contributed by atoms with Crippen LogP contribution in [0.25, 0.3) is 0 Å². The van der Waals surface area contributed by atoms with Gasteiger partial charge in [-0.2, -0.15) is 0 Å². The molecule has 7 heteroatoms. The molecule has 0 aromatic heterocycles. The van der Waals surface area contributed by atoms with Crippen molar-refractivity contribution in [2.75, 3.05) is 10.8 Å². The summed E-state index contributed by atoms with van der Waals surface area (Å²) in [4.78, 5) is 0.129. The van der Waals surface area contributed by atoms with Crippen LogP contribution in [0.1, 0.15) is 0 Å². The smallest absolute Gasteiger partial charge is 0.262 e. The van der Waals surface area contributed by atoms with Crippen LogP contribution in [0, 0.1) is 0 Å². The fraction of sp³-hybridized carbons (Fsp3) is 0.0667. The molecular formula is C15H12Cl3NO2S. The summed E-state index contributed by atoms with van der Waals surface area (Å²) >= 11 is 17.7. The van der Waals surface area contributed by atoms with Gasteiger partial charge in [0.15, 0.2) is 0 Å². The Morgan fingerprint density at radius 1 is 1.00 bits per heavy atom. The maximum Gasteiger partial charge on any atom is 0.264 e. The van der Waals surface area contributed by atoms with Crippen molar-refractivity contribution in [1.82, 2.24) is 0 Å². The van der Waals surface area contributed by atoms with Crippen molar-refractivity contribution in [2.24, 2.45) is 0 Å². The lowest BCUT2D eigenvalue weighted by atomic mass is 10.3. The molecule has 3 nitrogen and oxygen atoms in total. The fourth-order valence-electron chi connectivity index (χ4n) is 1.83. The summed E-state index contributed by atoms with van der Waals surface area (Å²) in [5.74, 6) is 0. The van der Waals surface area contributed by atoms with E-state index in [1.54, 1.807) is 12.1 Å². The monoisotopic (exact) mass is 375 g/mol. The van der Waals surface area contributed by atoms with Crippen molar-refractivity contribution in [3.05, 3.63) is 70.2 Å². The average Bonchev–Trinajstić information content (AvgIpc) is 2.48. The van der Waals surface area contributed by atoms with Gasteiger partial charge in [-0.05, 0) is 42.5 Å². The number of anilines is 1. The van der Waals surface area contributed by atoms with E-state index in [9.17, 15) is 8.42 Å². The van der Waals surface area contributed by atoms with Crippen LogP contribution >= 0.6 is 34.8 Å². The third kappa shape index (κ3) is 3.58. The van der Waals surface area contributed by atoms with Gasteiger partial charge in [-0.1, -0.05) is 40.9 Å². The zero-order valence-electron chi connectivity index (χ0n) is 11.3. The van der Waals surface area contributed by atoms with E-state index in [0.717, 1.165) is 0 Å². The van der Waals surface area contributed by atoms with Crippen LogP contribution in [0.5, 0.6) is 0 Å². The van der Waals surface area contributed by atoms with E-state index >= 15 is 0 Å². The van der Waals surface area contributed by atoms with Gasteiger partial charge in [0.2, 0.25) is 0 Å². The zero-order valence-corrected chi connectivity index (χ0v) is 14.4. The van der Waals surface area contributed by atoms with E-state index in [4.69, 9.17) is 34.8 Å². The van der Waals surface area contributed by atoms with Gasteiger partial charge in [-0.15, -0.1) is 6.58 Å². The quantitative estimate of drug-likeness (QED) is 0.686. The predicted octanol–water partition coefficient (Wildman–Crippen LogP) is 5.03. The maximum absolute atomic E-state index is 12.8. The number of nitrogens with zero attached hydrogens (tertiary/aromatic N) is 1. The molecule has 2 aromatic carbocycles. The summed E-state index contributed by atoms with van der Waals surface area (Å²) in [6, 6.07) is 10.6. The van der Waals surface area contributed by atoms with E-state index in [1.165, 1.54) is 40.7 Å². The number of halogens is 3. The molecule has 0 saturated carbocycles. The Balaban J connectivity index is 2.52. The molecule has 0 spiro atoms. The Morgan fingerprint density at radius 3 is 2.18 bits per heavy atom. The van der Waals surface area contributed by atoms with Gasteiger partial charge in [0.25, 0.3) is 10.0 Å². The first kappa shape index (κ1) is 17.2. The molecule has 0 radical (unpaired) electrons. The minimum absolute atomic E-state index is 0.100. The van der Waals surface area contributed by atoms with E-state index in [0.29, 0.717) is 15.7 Å². The summed E-state index contributed by atoms with van der Waals surface area (Å²) in [6.07, 6.45) is 1.50. The van der Waals surface area contributed by atoms with Crippen LogP contribution < -0.4 is 4.31 Å². The Kier molecular flexibility index (Phi) is 5.40. The molecule has 0 aliphatic rings. The first-order valence-electron chi connectivity index (χ1n) is 6.20. The van der Waals surface area contributed by atoms with Gasteiger partial charge in [-0.25, -0.2) is 8.42 Å². The number of hydrogen-bond acceptors (Lipinski definition) is 2. The minimum Gasteiger partial charge on any atom is -0.262 e. The predicted molar refractivity (Wildman–Crippen MR) is 92.6 cm³/mol. The van der Waals surface area contributed by atoms with Crippen molar-refractivity contribution >= 4 is 50.5 Å². The molecule has 2 rings (SSSR count). The van der Waals surface area contributed by atoms with Crippen LogP contribution in [0.2, 0.25) is 15.1 Å². The highest BCUT2D eigenvalue weighted by Gasteiger charge is 2.24. The van der Waals surface area contributed by atoms with Crippen molar-refractivity contribution in [2.45, 2.75) is 4.90 Å². The second kappa shape index (κ2) is 6.92. The normalized spacial score (nSPS) is 11.2. The third-order valence-electron chi connectivity index (χ3n) is 2.89. The largest absolute Gasteiger partial charge is 0.264 e. The Morgan fingerprint density at radius 2 is 1.64 bits per heavy atom. The molecule has 22 heavy (non-hydrogen) atoms. The molecule has 0 N–H and O–H groups in total. The van der Waals surface area contributed by atoms with Crippen molar-refractivity contribution in [1.29, 1.82) is 0 Å². The molecule has 0 saturated heterocycles. The van der Waals surface area contributed by atoms with Gasteiger partial charge in [0.05, 0.1) is 27.2 Å². The molecule has 0 aliphatic carbocycles. The second-order valence-corrected chi connectivity index (χ2v) is 7.49. The van der Waals surface area contributed by atoms with E-state index in [2.05, 4.69) is 6.58 Å². The lowest BCUT2D eigenvalue weighted by Gasteiger charge is -2.23. The van der Waals surface area contributed by atoms with Crippen LogP contribution in [-0.4, -0.2) is 15.0 Å². The topological polar surface area (TPSA) is 37.4 Å². The second-order valence-electron chi connectivity index (χ2n) is 4.38. The molecule has 0 amide bonds. The van der Waals surface area contributed by atoms with Gasteiger partial charge >= 0.3 is 0 Å². The molecule has 0 fully saturated rings. The van der Waals surface area contributed by atoms with Crippen LogP contribution in [0.4, 0.5) is 5.69 Å². The zero-order chi connectivity index (χ0) is 16.3. The highest BCUT2D eigenvalue weighted by atomic mass is 35.5. The molecule has 0 unspecified atom stereocenters. The summed E-state index contributed by atoms with van der Waals surface area (Å²) in [5, 5.41) is 1.09. The van der Waals surface area contributed by atoms with Gasteiger partial charge < -0.3 is 0 Å². The molecule has 2 aromatic rings. The third-order valence-corrected chi connectivity index (χ3v) is 5.69. The van der Waals surface area contributed by atoms with E-state index < -0.39 is 10.0 Å². The van der Waals surface area contributed by atoms with Crippen molar-refractivity contribution < 1.29 is 8.42 Å². The van der Waals surface area contributed by atoms with E-state index in [1.807, 2.05) is 0 Å². The highest BCUT2D eigenvalue weighted by molar-refractivity contribution is 7.92. The lowest BCUT2D eigenvalue weighted by Crippen LogP contribution is -2.31. The van der Waals surface area contributed by atoms with Crippen LogP contribution in [0.15, 0.2) is 60.0 Å². The van der Waals surface area contributed by atoms with E-state index in [-0.39, 0.29) is 16.5 Å². The van der Waals surface area contributed by atoms with Gasteiger partial charge in [-0.3, -0.25) is 4.31 Å². The molecule has 0 aliphatic heterocycles. The standard InChI is InChI=1S/C15H12Cl3NO2S/c1-2-9-19(12-5-8-14(17)15(18)10-12)22(20,21)13-6-3-11(16)4-7-13/h2-8,10H,1,9H2. The summed E-state index contributed by atoms with van der Waals surface area (Å²) in [7, 11) is -3.76. The van der Waals surface area contributed by atoms with Crippen molar-refractivity contribution in [3.63, 3.8) is 0 Å². The SMILES string of the molecule is C=CCN(c1ccc(Cl)c(Cl)c1)S(=O)(=O)c1ccc(Cl)cc1. The maximum atomic E-state index is 12.8. The fourth-order valence-corrected chi connectivity index (χ4v) is 3.68. The van der Waals surface area contributed by atoms with Crippen LogP contribution in [0.3, 0.4) is 0 Å². The first-order chi connectivity index (χ1) is 10.4. The molecule has 0 atom stereocenters. The first-order valence-corrected chi connectivity index (χ1v) is 8.78. The van der Waals surface area contributed by atoms with Gasteiger partial charge in [0, 0.05) is 5.02 Å². The molecular weight excluding hydrogens is 365 g/mol. The average molecular weight is 377 g/mol. The van der Waals surface area contributed by atoms with Crippen LogP contribution in [-0.2, 0) is 10.0 Å². The number of benzene rings is 2.